The molecule has 4 amide bonds. The number of piperidine rings is 2. The van der Waals surface area contributed by atoms with Crippen molar-refractivity contribution in [2.24, 2.45) is 5.92 Å². The topological polar surface area (TPSA) is 132 Å². The smallest absolute Gasteiger partial charge is 0.410 e. The molecule has 3 atom stereocenters. The second-order valence-electron chi connectivity index (χ2n) is 9.59. The van der Waals surface area contributed by atoms with Gasteiger partial charge in [0.05, 0.1) is 19.6 Å². The number of carbonyl (C=O) groups excluding carboxylic acids is 4. The molecule has 3 saturated heterocycles. The zero-order chi connectivity index (χ0) is 26.4. The van der Waals surface area contributed by atoms with Crippen molar-refractivity contribution in [1.82, 2.24) is 20.2 Å². The molecule has 0 spiro atoms. The van der Waals surface area contributed by atoms with Crippen LogP contribution >= 0.6 is 0 Å². The van der Waals surface area contributed by atoms with Crippen LogP contribution in [0.1, 0.15) is 25.7 Å². The Kier molecular flexibility index (Phi) is 8.70. The first-order chi connectivity index (χ1) is 17.9. The van der Waals surface area contributed by atoms with Gasteiger partial charge in [-0.1, -0.05) is 18.2 Å². The lowest BCUT2D eigenvalue weighted by molar-refractivity contribution is -0.151. The lowest BCUT2D eigenvalue weighted by Crippen LogP contribution is -2.64. The molecule has 12 heteroatoms. The summed E-state index contributed by atoms with van der Waals surface area (Å²) in [4.78, 5) is 58.5. The van der Waals surface area contributed by atoms with E-state index in [2.05, 4.69) is 4.90 Å². The molecule has 4 rings (SSSR count). The van der Waals surface area contributed by atoms with Crippen molar-refractivity contribution in [3.63, 3.8) is 0 Å². The number of hydrogen-bond donors (Lipinski definition) is 2. The Balaban J connectivity index is 1.49. The summed E-state index contributed by atoms with van der Waals surface area (Å²) in [7, 11) is 1.19. The third kappa shape index (κ3) is 6.07. The van der Waals surface area contributed by atoms with Crippen molar-refractivity contribution >= 4 is 29.7 Å². The summed E-state index contributed by atoms with van der Waals surface area (Å²) in [6.07, 6.45) is 0.644. The first-order valence-corrected chi connectivity index (χ1v) is 12.8. The van der Waals surface area contributed by atoms with Gasteiger partial charge < -0.3 is 24.2 Å². The minimum absolute atomic E-state index is 0.0140. The van der Waals surface area contributed by atoms with Crippen LogP contribution in [0.3, 0.4) is 0 Å². The minimum Gasteiger partial charge on any atom is -0.453 e. The number of nitrogens with one attached hydrogen (secondary N) is 1. The molecule has 202 valence electrons. The number of hydroxylamine groups is 1. The molecule has 37 heavy (non-hydrogen) atoms. The highest BCUT2D eigenvalue weighted by molar-refractivity contribution is 5.93. The van der Waals surface area contributed by atoms with Gasteiger partial charge in [0, 0.05) is 51.4 Å². The average Bonchev–Trinajstić information content (AvgIpc) is 2.96. The SMILES string of the molecule is COC(=O)N1C[C@@H](OC(=O)N2CCCCC2)C[C@H](C(=O)NO)[C@H]1C(=O)N1CCN(c2ccccc2)CC1. The summed E-state index contributed by atoms with van der Waals surface area (Å²) in [5, 5.41) is 9.43. The van der Waals surface area contributed by atoms with Crippen LogP contribution in [0.5, 0.6) is 0 Å². The van der Waals surface area contributed by atoms with Crippen LogP contribution in [-0.2, 0) is 19.1 Å². The number of likely N-dealkylation sites (tertiary alicyclic amines) is 2. The Labute approximate surface area is 216 Å². The minimum atomic E-state index is -1.20. The van der Waals surface area contributed by atoms with Gasteiger partial charge in [-0.25, -0.2) is 15.1 Å². The molecule has 1 aromatic carbocycles. The third-order valence-electron chi connectivity index (χ3n) is 7.34. The molecule has 3 aliphatic heterocycles. The highest BCUT2D eigenvalue weighted by Gasteiger charge is 2.49. The normalized spacial score (nSPS) is 24.3. The zero-order valence-corrected chi connectivity index (χ0v) is 21.1. The van der Waals surface area contributed by atoms with Gasteiger partial charge in [-0.3, -0.25) is 19.7 Å². The predicted molar refractivity (Wildman–Crippen MR) is 132 cm³/mol. The molecule has 0 bridgehead atoms. The standard InChI is InChI=1S/C25H35N5O7/c1-36-25(34)30-17-19(37-24(33)29-10-6-3-7-11-29)16-20(22(31)26-35)21(30)23(32)28-14-12-27(13-15-28)18-8-4-2-5-9-18/h2,4-5,8-9,19-21,35H,3,6-7,10-17H2,1H3,(H,26,31)/t19-,20-,21-/m0/s1. The fraction of sp³-hybridized carbons (Fsp3) is 0.600. The van der Waals surface area contributed by atoms with Gasteiger partial charge in [-0.15, -0.1) is 0 Å². The molecule has 1 aromatic rings. The number of anilines is 1. The quantitative estimate of drug-likeness (QED) is 0.451. The van der Waals surface area contributed by atoms with E-state index in [-0.39, 0.29) is 13.0 Å². The Morgan fingerprint density at radius 2 is 1.57 bits per heavy atom. The van der Waals surface area contributed by atoms with Crippen LogP contribution in [0, 0.1) is 5.92 Å². The van der Waals surface area contributed by atoms with Crippen LogP contribution in [-0.4, -0.2) is 109 Å². The number of benzene rings is 1. The number of rotatable bonds is 4. The van der Waals surface area contributed by atoms with E-state index in [4.69, 9.17) is 9.47 Å². The Hall–Kier alpha value is -3.54. The van der Waals surface area contributed by atoms with Crippen molar-refractivity contribution in [3.8, 4) is 0 Å². The summed E-state index contributed by atoms with van der Waals surface area (Å²) >= 11 is 0. The third-order valence-corrected chi connectivity index (χ3v) is 7.34. The molecule has 3 fully saturated rings. The fourth-order valence-electron chi connectivity index (χ4n) is 5.37. The summed E-state index contributed by atoms with van der Waals surface area (Å²) in [5.41, 5.74) is 2.67. The Morgan fingerprint density at radius 3 is 2.19 bits per heavy atom. The Morgan fingerprint density at radius 1 is 0.892 bits per heavy atom. The number of methoxy groups -OCH3 is 1. The van der Waals surface area contributed by atoms with E-state index in [0.717, 1.165) is 29.8 Å². The van der Waals surface area contributed by atoms with Crippen LogP contribution in [0.25, 0.3) is 0 Å². The highest BCUT2D eigenvalue weighted by atomic mass is 16.6. The number of ether oxygens (including phenoxy) is 2. The molecule has 0 saturated carbocycles. The maximum Gasteiger partial charge on any atom is 0.410 e. The lowest BCUT2D eigenvalue weighted by Gasteiger charge is -2.45. The second kappa shape index (κ2) is 12.1. The number of carbonyl (C=O) groups is 4. The monoisotopic (exact) mass is 517 g/mol. The van der Waals surface area contributed by atoms with E-state index in [0.29, 0.717) is 39.3 Å². The predicted octanol–water partition coefficient (Wildman–Crippen LogP) is 1.29. The van der Waals surface area contributed by atoms with Crippen LogP contribution < -0.4 is 10.4 Å². The highest BCUT2D eigenvalue weighted by Crippen LogP contribution is 2.30. The summed E-state index contributed by atoms with van der Waals surface area (Å²) in [6, 6.07) is 8.66. The van der Waals surface area contributed by atoms with E-state index in [1.54, 1.807) is 15.3 Å². The average molecular weight is 518 g/mol. The van der Waals surface area contributed by atoms with Gasteiger partial charge in [0.15, 0.2) is 0 Å². The first kappa shape index (κ1) is 26.5. The molecular weight excluding hydrogens is 482 g/mol. The molecule has 3 heterocycles. The van der Waals surface area contributed by atoms with Gasteiger partial charge in [-0.05, 0) is 31.4 Å². The number of hydrogen-bond acceptors (Lipinski definition) is 8. The Bertz CT molecular complexity index is 937. The van der Waals surface area contributed by atoms with Crippen LogP contribution in [0.4, 0.5) is 15.3 Å². The van der Waals surface area contributed by atoms with Crippen LogP contribution in [0.15, 0.2) is 30.3 Å². The molecule has 0 radical (unpaired) electrons. The van der Waals surface area contributed by atoms with Gasteiger partial charge in [0.25, 0.3) is 0 Å². The molecule has 12 nitrogen and oxygen atoms in total. The van der Waals surface area contributed by atoms with Crippen molar-refractivity contribution in [3.05, 3.63) is 30.3 Å². The molecule has 2 N–H and O–H groups in total. The maximum absolute atomic E-state index is 13.7. The van der Waals surface area contributed by atoms with E-state index >= 15 is 0 Å². The molecule has 3 aliphatic rings. The van der Waals surface area contributed by atoms with Gasteiger partial charge in [-0.2, -0.15) is 0 Å². The molecule has 0 unspecified atom stereocenters. The molecule has 0 aromatic heterocycles. The number of piperazine rings is 1. The van der Waals surface area contributed by atoms with E-state index in [1.807, 2.05) is 30.3 Å². The maximum atomic E-state index is 13.7. The van der Waals surface area contributed by atoms with E-state index in [9.17, 15) is 24.4 Å². The summed E-state index contributed by atoms with van der Waals surface area (Å²) < 4.78 is 10.6. The van der Waals surface area contributed by atoms with Gasteiger partial charge in [0.2, 0.25) is 11.8 Å². The summed E-state index contributed by atoms with van der Waals surface area (Å²) in [5.74, 6) is -2.36. The van der Waals surface area contributed by atoms with Crippen LogP contribution in [0.2, 0.25) is 0 Å². The van der Waals surface area contributed by atoms with Gasteiger partial charge >= 0.3 is 12.2 Å². The molecular formula is C25H35N5O7. The number of para-hydroxylation sites is 1. The lowest BCUT2D eigenvalue weighted by atomic mass is 9.86. The van der Waals surface area contributed by atoms with E-state index < -0.39 is 42.1 Å². The largest absolute Gasteiger partial charge is 0.453 e. The first-order valence-electron chi connectivity index (χ1n) is 12.8. The van der Waals surface area contributed by atoms with E-state index in [1.165, 1.54) is 7.11 Å². The second-order valence-corrected chi connectivity index (χ2v) is 9.59. The number of amides is 4. The van der Waals surface area contributed by atoms with Gasteiger partial charge in [0.1, 0.15) is 12.1 Å². The molecule has 0 aliphatic carbocycles. The van der Waals surface area contributed by atoms with Crippen molar-refractivity contribution in [2.75, 3.05) is 57.8 Å². The van der Waals surface area contributed by atoms with Crippen molar-refractivity contribution < 1.29 is 33.9 Å². The van der Waals surface area contributed by atoms with Crippen molar-refractivity contribution in [1.29, 1.82) is 0 Å². The summed E-state index contributed by atoms with van der Waals surface area (Å²) in [6.45, 7) is 3.06. The van der Waals surface area contributed by atoms with Crippen molar-refractivity contribution in [2.45, 2.75) is 37.8 Å². The zero-order valence-electron chi connectivity index (χ0n) is 21.1. The number of nitrogens with zero attached hydrogens (tertiary/aromatic N) is 4. The fourth-order valence-corrected chi connectivity index (χ4v) is 5.37.